The highest BCUT2D eigenvalue weighted by Crippen LogP contribution is 2.37. The van der Waals surface area contributed by atoms with E-state index in [0.717, 1.165) is 13.0 Å². The number of ether oxygens (including phenoxy) is 1. The summed E-state index contributed by atoms with van der Waals surface area (Å²) in [7, 11) is -3.30. The van der Waals surface area contributed by atoms with E-state index in [4.69, 9.17) is 4.74 Å². The Morgan fingerprint density at radius 3 is 2.59 bits per heavy atom. The van der Waals surface area contributed by atoms with Gasteiger partial charge in [0, 0.05) is 29.6 Å². The van der Waals surface area contributed by atoms with Gasteiger partial charge >= 0.3 is 6.18 Å². The van der Waals surface area contributed by atoms with Crippen LogP contribution in [0.25, 0.3) is 0 Å². The lowest BCUT2D eigenvalue weighted by Gasteiger charge is -2.17. The van der Waals surface area contributed by atoms with Crippen LogP contribution in [0.4, 0.5) is 23.2 Å². The summed E-state index contributed by atoms with van der Waals surface area (Å²) in [6.07, 6.45) is -3.68. The number of alkyl halides is 3. The van der Waals surface area contributed by atoms with Crippen molar-refractivity contribution in [1.82, 2.24) is 15.3 Å². The van der Waals surface area contributed by atoms with E-state index in [2.05, 4.69) is 25.0 Å². The second-order valence-electron chi connectivity index (χ2n) is 9.36. The van der Waals surface area contributed by atoms with Crippen LogP contribution in [-0.4, -0.2) is 56.0 Å². The molecule has 15 heteroatoms. The molecule has 41 heavy (non-hydrogen) atoms. The number of aliphatic hydroxyl groups is 1. The van der Waals surface area contributed by atoms with E-state index in [1.807, 2.05) is 0 Å². The van der Waals surface area contributed by atoms with E-state index >= 15 is 0 Å². The Hall–Kier alpha value is -3.95. The number of amides is 2. The maximum absolute atomic E-state index is 13.7. The number of pyridine rings is 2. The van der Waals surface area contributed by atoms with Crippen molar-refractivity contribution in [2.24, 2.45) is 4.36 Å². The van der Waals surface area contributed by atoms with Crippen LogP contribution in [-0.2, 0) is 20.7 Å². The lowest BCUT2D eigenvalue weighted by atomic mass is 10.0. The van der Waals surface area contributed by atoms with Crippen LogP contribution in [0, 0.1) is 19.8 Å². The molecule has 10 nitrogen and oxygen atoms in total. The number of benzene rings is 1. The number of anilines is 1. The Kier molecular flexibility index (Phi) is 8.42. The zero-order valence-corrected chi connectivity index (χ0v) is 22.8. The third-order valence-electron chi connectivity index (χ3n) is 6.25. The van der Waals surface area contributed by atoms with E-state index in [-0.39, 0.29) is 35.0 Å². The molecule has 0 spiro atoms. The van der Waals surface area contributed by atoms with E-state index in [9.17, 15) is 36.5 Å². The van der Waals surface area contributed by atoms with Gasteiger partial charge in [-0.3, -0.25) is 9.59 Å². The molecule has 1 fully saturated rings. The third-order valence-corrected chi connectivity index (χ3v) is 7.90. The monoisotopic (exact) mass is 595 g/mol. The van der Waals surface area contributed by atoms with Gasteiger partial charge in [0.05, 0.1) is 33.1 Å². The van der Waals surface area contributed by atoms with Gasteiger partial charge in [-0.25, -0.2) is 14.2 Å². The zero-order valence-electron chi connectivity index (χ0n) is 22.0. The molecule has 2 aromatic heterocycles. The number of hydrogen-bond acceptors (Lipinski definition) is 8. The number of aryl methyl sites for hydroxylation is 1. The summed E-state index contributed by atoms with van der Waals surface area (Å²) in [5.74, 6) is -3.05. The Morgan fingerprint density at radius 1 is 1.22 bits per heavy atom. The van der Waals surface area contributed by atoms with E-state index in [0.29, 0.717) is 6.20 Å². The van der Waals surface area contributed by atoms with Gasteiger partial charge in [-0.2, -0.15) is 21.9 Å². The summed E-state index contributed by atoms with van der Waals surface area (Å²) < 4.78 is 77.1. The molecule has 3 N–H and O–H groups in total. The summed E-state index contributed by atoms with van der Waals surface area (Å²) in [6.45, 7) is 2.69. The van der Waals surface area contributed by atoms with Gasteiger partial charge in [-0.05, 0) is 56.2 Å². The first-order valence-electron chi connectivity index (χ1n) is 12.1. The van der Waals surface area contributed by atoms with Gasteiger partial charge in [0.25, 0.3) is 11.8 Å². The lowest BCUT2D eigenvalue weighted by molar-refractivity contribution is -0.138. The Morgan fingerprint density at radius 2 is 1.95 bits per heavy atom. The van der Waals surface area contributed by atoms with Crippen LogP contribution in [0.1, 0.15) is 33.6 Å². The molecule has 3 heterocycles. The fraction of sp³-hybridized carbons (Fsp3) is 0.308. The number of halogens is 4. The van der Waals surface area contributed by atoms with Crippen LogP contribution in [0.5, 0.6) is 11.6 Å². The molecule has 0 radical (unpaired) electrons. The van der Waals surface area contributed by atoms with Gasteiger partial charge in [0.2, 0.25) is 11.8 Å². The molecule has 0 unspecified atom stereocenters. The van der Waals surface area contributed by atoms with Crippen molar-refractivity contribution in [3.05, 3.63) is 70.9 Å². The van der Waals surface area contributed by atoms with Crippen molar-refractivity contribution in [3.63, 3.8) is 0 Å². The van der Waals surface area contributed by atoms with Gasteiger partial charge in [0.1, 0.15) is 5.56 Å². The lowest BCUT2D eigenvalue weighted by Crippen LogP contribution is -2.30. The summed E-state index contributed by atoms with van der Waals surface area (Å²) in [6, 6.07) is 6.91. The van der Waals surface area contributed by atoms with Crippen molar-refractivity contribution in [3.8, 4) is 11.6 Å². The number of rotatable bonds is 6. The number of nitrogens with one attached hydrogen (secondary N) is 2. The predicted molar refractivity (Wildman–Crippen MR) is 140 cm³/mol. The van der Waals surface area contributed by atoms with Crippen molar-refractivity contribution >= 4 is 27.2 Å². The highest BCUT2D eigenvalue weighted by molar-refractivity contribution is 7.93. The summed E-state index contributed by atoms with van der Waals surface area (Å²) in [5, 5.41) is 14.9. The van der Waals surface area contributed by atoms with Crippen molar-refractivity contribution in [2.45, 2.75) is 43.5 Å². The number of carbonyl (C=O) groups excluding carboxylic acids is 2. The topological polar surface area (TPSA) is 143 Å². The maximum atomic E-state index is 13.7. The van der Waals surface area contributed by atoms with Gasteiger partial charge in [0.15, 0.2) is 5.75 Å². The molecule has 1 aliphatic heterocycles. The minimum absolute atomic E-state index is 0.0321. The first-order chi connectivity index (χ1) is 19.2. The van der Waals surface area contributed by atoms with Crippen molar-refractivity contribution < 1.29 is 41.2 Å². The van der Waals surface area contributed by atoms with Crippen LogP contribution in [0.3, 0.4) is 0 Å². The molecule has 218 valence electrons. The summed E-state index contributed by atoms with van der Waals surface area (Å²) >= 11 is 0. The minimum Gasteiger partial charge on any atom is -0.436 e. The van der Waals surface area contributed by atoms with Gasteiger partial charge < -0.3 is 20.5 Å². The van der Waals surface area contributed by atoms with Crippen LogP contribution < -0.4 is 15.4 Å². The fourth-order valence-electron chi connectivity index (χ4n) is 4.14. The number of β-amino-alcohol motifs (C(OH)–C–C–N with tert-alkyl or cyclic N) is 1. The largest absolute Gasteiger partial charge is 0.436 e. The summed E-state index contributed by atoms with van der Waals surface area (Å²) in [4.78, 5) is 33.2. The smallest absolute Gasteiger partial charge is 0.418 e. The number of carbonyl (C=O) groups is 2. The first-order valence-corrected chi connectivity index (χ1v) is 14.0. The quantitative estimate of drug-likeness (QED) is 0.287. The number of aromatic nitrogens is 2. The molecule has 2 amide bonds. The SMILES string of the molecule is Cc1nc(F)ccc1Oc1ncc(C(F)(F)F)c(C)c1C(=O)Nc1cccc([S@@](C)(=O)=NC(=O)[C@@H]2C[C@H](O)CN2)c1. The molecule has 1 saturated heterocycles. The number of hydrogen-bond donors (Lipinski definition) is 3. The number of aliphatic hydroxyl groups excluding tert-OH is 1. The van der Waals surface area contributed by atoms with E-state index < -0.39 is 68.4 Å². The highest BCUT2D eigenvalue weighted by atomic mass is 32.2. The minimum atomic E-state index is -4.83. The molecule has 0 aliphatic carbocycles. The Bertz CT molecular complexity index is 1640. The predicted octanol–water partition coefficient (Wildman–Crippen LogP) is 4.00. The average Bonchev–Trinajstić information content (AvgIpc) is 3.31. The second kappa shape index (κ2) is 11.5. The van der Waals surface area contributed by atoms with Gasteiger partial charge in [-0.1, -0.05) is 6.07 Å². The first kappa shape index (κ1) is 30.0. The van der Waals surface area contributed by atoms with E-state index in [1.165, 1.54) is 43.5 Å². The Balaban J connectivity index is 1.68. The third kappa shape index (κ3) is 6.86. The molecule has 1 aliphatic rings. The standard InChI is InChI=1S/C26H25F4N5O5S/c1-13-18(26(28,29)30)12-32-25(40-20-7-8-21(27)33-14(20)2)22(13)24(38)34-15-5-4-6-17(9-15)41(3,39)35-23(37)19-10-16(36)11-31-19/h4-9,12,16,19,31,36H,10-11H2,1-3H3,(H,34,38)/t16-,19-,41+/m0/s1. The average molecular weight is 596 g/mol. The zero-order chi connectivity index (χ0) is 30.1. The van der Waals surface area contributed by atoms with Crippen LogP contribution in [0.15, 0.2) is 51.9 Å². The van der Waals surface area contributed by atoms with E-state index in [1.54, 1.807) is 0 Å². The normalized spacial score (nSPS) is 18.4. The Labute approximate surface area is 232 Å². The van der Waals surface area contributed by atoms with Crippen LogP contribution in [0.2, 0.25) is 0 Å². The highest BCUT2D eigenvalue weighted by Gasteiger charge is 2.36. The fourth-order valence-corrected chi connectivity index (χ4v) is 5.39. The molecular formula is C26H25F4N5O5S. The molecule has 3 aromatic rings. The van der Waals surface area contributed by atoms with Crippen molar-refractivity contribution in [1.29, 1.82) is 0 Å². The number of nitrogens with zero attached hydrogens (tertiary/aromatic N) is 3. The molecule has 3 atom stereocenters. The molecular weight excluding hydrogens is 570 g/mol. The molecule has 4 rings (SSSR count). The van der Waals surface area contributed by atoms with Crippen molar-refractivity contribution in [2.75, 3.05) is 18.1 Å². The second-order valence-corrected chi connectivity index (χ2v) is 11.6. The molecule has 1 aromatic carbocycles. The maximum Gasteiger partial charge on any atom is 0.418 e. The molecule has 0 saturated carbocycles. The van der Waals surface area contributed by atoms with Crippen LogP contribution >= 0.6 is 0 Å². The van der Waals surface area contributed by atoms with Gasteiger partial charge in [-0.15, -0.1) is 0 Å². The molecule has 0 bridgehead atoms. The summed E-state index contributed by atoms with van der Waals surface area (Å²) in [5.41, 5.74) is -2.08.